The quantitative estimate of drug-likeness (QED) is 0.338. The lowest BCUT2D eigenvalue weighted by Gasteiger charge is -2.51. The Hall–Kier alpha value is -4.43. The van der Waals surface area contributed by atoms with Gasteiger partial charge < -0.3 is 30.9 Å². The standard InChI is InChI=1S/C27H24F3N3O8/c1-33(2)20-14-7-12-16(10-3-5-11(6-4-10)41-27(28,29)30)13-8-32-9-15(34)17(13)21(35)18(12)23(37)26(14,40)24(38)19(22(20)36)25(31)39/h3-6,8-9,12,14,16,20,34,36-37,40H,7H2,1-2H3,(H2,31,39)/t12-,14+,16-,20+,26+/m1/s1. The lowest BCUT2D eigenvalue weighted by Crippen LogP contribution is -2.64. The van der Waals surface area contributed by atoms with Crippen LogP contribution in [0.2, 0.25) is 0 Å². The molecule has 0 saturated heterocycles. The number of nitrogens with zero attached hydrogens (tertiary/aromatic N) is 2. The molecule has 0 unspecified atom stereocenters. The Morgan fingerprint density at radius 3 is 2.32 bits per heavy atom. The molecule has 0 spiro atoms. The van der Waals surface area contributed by atoms with Crippen molar-refractivity contribution < 1.29 is 52.7 Å². The Labute approximate surface area is 230 Å². The summed E-state index contributed by atoms with van der Waals surface area (Å²) in [6.45, 7) is 0. The van der Waals surface area contributed by atoms with E-state index in [9.17, 15) is 48.0 Å². The first-order valence-corrected chi connectivity index (χ1v) is 12.3. The predicted octanol–water partition coefficient (Wildman–Crippen LogP) is 2.00. The molecule has 1 aromatic heterocycles. The van der Waals surface area contributed by atoms with Gasteiger partial charge in [-0.15, -0.1) is 13.2 Å². The third-order valence-electron chi connectivity index (χ3n) is 7.96. The van der Waals surface area contributed by atoms with Crippen molar-refractivity contribution in [3.8, 4) is 11.5 Å². The number of halogens is 3. The summed E-state index contributed by atoms with van der Waals surface area (Å²) >= 11 is 0. The minimum absolute atomic E-state index is 0.188. The van der Waals surface area contributed by atoms with Crippen LogP contribution in [-0.2, 0) is 9.59 Å². The molecule has 41 heavy (non-hydrogen) atoms. The van der Waals surface area contributed by atoms with Crippen molar-refractivity contribution in [1.29, 1.82) is 0 Å². The molecule has 5 rings (SSSR count). The maximum atomic E-state index is 13.8. The highest BCUT2D eigenvalue weighted by molar-refractivity contribution is 6.24. The van der Waals surface area contributed by atoms with Gasteiger partial charge in [0.15, 0.2) is 11.4 Å². The summed E-state index contributed by atoms with van der Waals surface area (Å²) in [7, 11) is 2.98. The largest absolute Gasteiger partial charge is 0.573 e. The number of alkyl halides is 3. The molecule has 1 amide bonds. The number of hydrogen-bond acceptors (Lipinski definition) is 10. The van der Waals surface area contributed by atoms with Gasteiger partial charge in [-0.1, -0.05) is 12.1 Å². The number of carbonyl (C=O) groups excluding carboxylic acids is 3. The van der Waals surface area contributed by atoms with E-state index < -0.39 is 87.4 Å². The molecule has 3 aliphatic carbocycles. The summed E-state index contributed by atoms with van der Waals surface area (Å²) in [5.74, 6) is -9.79. The number of likely N-dealkylation sites (N-methyl/N-ethyl adjacent to an activating group) is 1. The molecule has 0 saturated carbocycles. The van der Waals surface area contributed by atoms with Crippen LogP contribution in [0.25, 0.3) is 0 Å². The molecule has 3 aliphatic rings. The van der Waals surface area contributed by atoms with Crippen molar-refractivity contribution in [1.82, 2.24) is 9.88 Å². The first kappa shape index (κ1) is 28.1. The summed E-state index contributed by atoms with van der Waals surface area (Å²) < 4.78 is 42.2. The van der Waals surface area contributed by atoms with Crippen LogP contribution in [-0.4, -0.2) is 79.9 Å². The summed E-state index contributed by atoms with van der Waals surface area (Å²) in [5, 5.41) is 44.8. The van der Waals surface area contributed by atoms with E-state index >= 15 is 0 Å². The van der Waals surface area contributed by atoms with Crippen LogP contribution in [0.5, 0.6) is 11.5 Å². The molecular formula is C27H24F3N3O8. The second-order valence-corrected chi connectivity index (χ2v) is 10.4. The van der Waals surface area contributed by atoms with E-state index in [1.54, 1.807) is 0 Å². The maximum absolute atomic E-state index is 13.8. The lowest BCUT2D eigenvalue weighted by molar-refractivity contribution is -0.274. The van der Waals surface area contributed by atoms with Crippen molar-refractivity contribution in [2.45, 2.75) is 30.3 Å². The number of aliphatic hydroxyl groups excluding tert-OH is 2. The SMILES string of the molecule is CN(C)[C@@H]1C(O)=C(C(N)=O)C(=O)[C@@]2(O)C(O)=C3C(=O)c4c(O)cncc4[C@H](c4ccc(OC(F)(F)F)cc4)[C@H]3C[C@@H]12. The zero-order valence-corrected chi connectivity index (χ0v) is 21.5. The highest BCUT2D eigenvalue weighted by atomic mass is 19.4. The van der Waals surface area contributed by atoms with E-state index in [0.717, 1.165) is 18.3 Å². The highest BCUT2D eigenvalue weighted by Gasteiger charge is 2.64. The van der Waals surface area contributed by atoms with Crippen molar-refractivity contribution in [2.24, 2.45) is 17.6 Å². The van der Waals surface area contributed by atoms with Gasteiger partial charge in [-0.3, -0.25) is 24.3 Å². The number of allylic oxidation sites excluding steroid dienone is 1. The number of pyridine rings is 1. The van der Waals surface area contributed by atoms with E-state index in [0.29, 0.717) is 5.56 Å². The van der Waals surface area contributed by atoms with E-state index in [1.165, 1.54) is 37.3 Å². The number of aromatic nitrogens is 1. The van der Waals surface area contributed by atoms with E-state index in [1.807, 2.05) is 0 Å². The maximum Gasteiger partial charge on any atom is 0.573 e. The van der Waals surface area contributed by atoms with Crippen molar-refractivity contribution in [3.05, 3.63) is 76.0 Å². The number of fused-ring (bicyclic) bond motifs is 3. The monoisotopic (exact) mass is 575 g/mol. The molecule has 0 radical (unpaired) electrons. The van der Waals surface area contributed by atoms with Gasteiger partial charge in [-0.05, 0) is 43.8 Å². The molecule has 5 atom stereocenters. The molecule has 14 heteroatoms. The first-order valence-electron chi connectivity index (χ1n) is 12.3. The third-order valence-corrected chi connectivity index (χ3v) is 7.96. The lowest BCUT2D eigenvalue weighted by atomic mass is 9.55. The van der Waals surface area contributed by atoms with Crippen molar-refractivity contribution in [2.75, 3.05) is 14.1 Å². The van der Waals surface area contributed by atoms with Crippen LogP contribution in [0.15, 0.2) is 59.3 Å². The number of primary amides is 1. The van der Waals surface area contributed by atoms with Gasteiger partial charge in [0.25, 0.3) is 5.91 Å². The normalized spacial score (nSPS) is 27.9. The number of Topliss-reactive ketones (excluding diaryl/α,β-unsaturated/α-hetero) is 2. The zero-order chi connectivity index (χ0) is 30.2. The average Bonchev–Trinajstić information content (AvgIpc) is 2.86. The number of amides is 1. The minimum Gasteiger partial charge on any atom is -0.510 e. The summed E-state index contributed by atoms with van der Waals surface area (Å²) in [5.41, 5.74) is 1.36. The second-order valence-electron chi connectivity index (χ2n) is 10.4. The van der Waals surface area contributed by atoms with Gasteiger partial charge in [-0.2, -0.15) is 0 Å². The highest BCUT2D eigenvalue weighted by Crippen LogP contribution is 2.56. The second kappa shape index (κ2) is 9.31. The van der Waals surface area contributed by atoms with Gasteiger partial charge in [0.2, 0.25) is 5.78 Å². The zero-order valence-electron chi connectivity index (χ0n) is 21.5. The van der Waals surface area contributed by atoms with Crippen LogP contribution < -0.4 is 10.5 Å². The Balaban J connectivity index is 1.75. The van der Waals surface area contributed by atoms with Crippen LogP contribution >= 0.6 is 0 Å². The van der Waals surface area contributed by atoms with Crippen LogP contribution in [0.3, 0.4) is 0 Å². The van der Waals surface area contributed by atoms with Crippen molar-refractivity contribution in [3.63, 3.8) is 0 Å². The van der Waals surface area contributed by atoms with E-state index in [2.05, 4.69) is 9.72 Å². The predicted molar refractivity (Wildman–Crippen MR) is 133 cm³/mol. The van der Waals surface area contributed by atoms with Gasteiger partial charge in [0, 0.05) is 29.5 Å². The molecule has 216 valence electrons. The van der Waals surface area contributed by atoms with E-state index in [4.69, 9.17) is 5.73 Å². The van der Waals surface area contributed by atoms with Gasteiger partial charge in [0.05, 0.1) is 17.8 Å². The molecule has 11 nitrogen and oxygen atoms in total. The average molecular weight is 575 g/mol. The Morgan fingerprint density at radius 2 is 1.76 bits per heavy atom. The Morgan fingerprint density at radius 1 is 1.12 bits per heavy atom. The smallest absolute Gasteiger partial charge is 0.510 e. The Bertz CT molecular complexity index is 1550. The number of ketones is 2. The fourth-order valence-corrected chi connectivity index (χ4v) is 6.41. The fraction of sp³-hybridized carbons (Fsp3) is 0.333. The molecule has 0 fully saturated rings. The summed E-state index contributed by atoms with van der Waals surface area (Å²) in [4.78, 5) is 44.7. The fourth-order valence-electron chi connectivity index (χ4n) is 6.41. The van der Waals surface area contributed by atoms with Gasteiger partial charge in [0.1, 0.15) is 28.6 Å². The summed E-state index contributed by atoms with van der Waals surface area (Å²) in [6, 6.07) is 3.51. The molecule has 1 aromatic carbocycles. The summed E-state index contributed by atoms with van der Waals surface area (Å²) in [6.07, 6.45) is -2.89. The molecule has 0 aliphatic heterocycles. The van der Waals surface area contributed by atoms with Crippen LogP contribution in [0, 0.1) is 11.8 Å². The Kier molecular flexibility index (Phi) is 6.38. The molecule has 0 bridgehead atoms. The van der Waals surface area contributed by atoms with Crippen LogP contribution in [0.4, 0.5) is 13.2 Å². The topological polar surface area (TPSA) is 184 Å². The molecule has 6 N–H and O–H groups in total. The number of nitrogens with two attached hydrogens (primary N) is 1. The van der Waals surface area contributed by atoms with E-state index in [-0.39, 0.29) is 17.5 Å². The van der Waals surface area contributed by atoms with Gasteiger partial charge in [-0.25, -0.2) is 0 Å². The number of aromatic hydroxyl groups is 1. The number of carbonyl (C=O) groups is 3. The third kappa shape index (κ3) is 4.13. The first-order chi connectivity index (χ1) is 19.1. The number of aliphatic hydroxyl groups is 3. The van der Waals surface area contributed by atoms with Crippen LogP contribution in [0.1, 0.15) is 33.8 Å². The molecule has 1 heterocycles. The number of hydrogen-bond donors (Lipinski definition) is 5. The van der Waals surface area contributed by atoms with Gasteiger partial charge >= 0.3 is 6.36 Å². The number of rotatable bonds is 4. The molecular weight excluding hydrogens is 551 g/mol. The molecule has 2 aromatic rings. The number of benzene rings is 1. The minimum atomic E-state index is -4.94. The van der Waals surface area contributed by atoms with Crippen molar-refractivity contribution >= 4 is 17.5 Å². The number of ether oxygens (including phenoxy) is 1.